The van der Waals surface area contributed by atoms with Crippen LogP contribution < -0.4 is 20.3 Å². The van der Waals surface area contributed by atoms with E-state index < -0.39 is 11.8 Å². The fourth-order valence-electron chi connectivity index (χ4n) is 2.63. The molecule has 0 aliphatic carbocycles. The highest BCUT2D eigenvalue weighted by atomic mass is 35.5. The van der Waals surface area contributed by atoms with Crippen molar-refractivity contribution in [3.63, 3.8) is 0 Å². The molecule has 0 aliphatic heterocycles. The number of carbonyl (C=O) groups excluding carboxylic acids is 2. The lowest BCUT2D eigenvalue weighted by Crippen LogP contribution is -2.43. The number of hydrogen-bond donors (Lipinski definition) is 2. The van der Waals surface area contributed by atoms with Crippen LogP contribution in [0.4, 0.5) is 0 Å². The molecule has 0 saturated heterocycles. The van der Waals surface area contributed by atoms with Crippen molar-refractivity contribution in [3.05, 3.63) is 40.2 Å². The van der Waals surface area contributed by atoms with E-state index in [1.165, 1.54) is 6.07 Å². The number of ether oxygens (including phenoxy) is 2. The molecule has 1 heterocycles. The Kier molecular flexibility index (Phi) is 8.33. The van der Waals surface area contributed by atoms with Crippen LogP contribution in [0.2, 0.25) is 5.02 Å². The molecular formula is C20H27ClN4O4. The third-order valence-electron chi connectivity index (χ3n) is 4.03. The largest absolute Gasteiger partial charge is 0.490 e. The van der Waals surface area contributed by atoms with Crippen LogP contribution in [0.3, 0.4) is 0 Å². The maximum atomic E-state index is 12.4. The van der Waals surface area contributed by atoms with Gasteiger partial charge in [0.2, 0.25) is 0 Å². The number of rotatable bonds is 9. The Morgan fingerprint density at radius 1 is 1.14 bits per heavy atom. The van der Waals surface area contributed by atoms with Crippen molar-refractivity contribution in [2.75, 3.05) is 13.2 Å². The normalized spacial score (nSPS) is 10.5. The number of aromatic nitrogens is 2. The number of carbonyl (C=O) groups is 2. The van der Waals surface area contributed by atoms with E-state index in [1.54, 1.807) is 10.7 Å². The van der Waals surface area contributed by atoms with Gasteiger partial charge in [-0.25, -0.2) is 0 Å². The first-order valence-corrected chi connectivity index (χ1v) is 9.92. The number of amides is 2. The summed E-state index contributed by atoms with van der Waals surface area (Å²) in [5.74, 6) is -0.128. The molecule has 2 N–H and O–H groups in total. The maximum absolute atomic E-state index is 12.4. The molecule has 1 aromatic heterocycles. The zero-order chi connectivity index (χ0) is 21.4. The van der Waals surface area contributed by atoms with Crippen molar-refractivity contribution < 1.29 is 19.1 Å². The molecular weight excluding hydrogens is 396 g/mol. The number of nitrogens with one attached hydrogen (secondary N) is 2. The minimum Gasteiger partial charge on any atom is -0.490 e. The van der Waals surface area contributed by atoms with Crippen LogP contribution >= 0.6 is 11.6 Å². The molecule has 0 saturated carbocycles. The Balaban J connectivity index is 2.03. The monoisotopic (exact) mass is 422 g/mol. The van der Waals surface area contributed by atoms with Crippen LogP contribution in [0.15, 0.2) is 18.2 Å². The van der Waals surface area contributed by atoms with Crippen LogP contribution in [-0.4, -0.2) is 34.8 Å². The van der Waals surface area contributed by atoms with E-state index in [0.29, 0.717) is 24.7 Å². The molecule has 0 unspecified atom stereocenters. The molecule has 0 radical (unpaired) electrons. The van der Waals surface area contributed by atoms with Crippen LogP contribution in [0.1, 0.15) is 48.4 Å². The molecule has 1 aromatic carbocycles. The van der Waals surface area contributed by atoms with Crippen LogP contribution in [0, 0.1) is 13.8 Å². The number of benzene rings is 1. The molecule has 0 atom stereocenters. The van der Waals surface area contributed by atoms with E-state index in [1.807, 2.05) is 26.8 Å². The summed E-state index contributed by atoms with van der Waals surface area (Å²) in [6.45, 7) is 8.48. The number of aryl methyl sites for hydroxylation is 2. The summed E-state index contributed by atoms with van der Waals surface area (Å²) in [5.41, 5.74) is 6.68. The predicted octanol–water partition coefficient (Wildman–Crippen LogP) is 3.19. The smallest absolute Gasteiger partial charge is 0.269 e. The summed E-state index contributed by atoms with van der Waals surface area (Å²) in [4.78, 5) is 24.5. The molecule has 0 bridgehead atoms. The summed E-state index contributed by atoms with van der Waals surface area (Å²) >= 11 is 6.30. The Hall–Kier alpha value is -2.74. The Bertz CT molecular complexity index is 866. The first-order valence-electron chi connectivity index (χ1n) is 9.55. The second kappa shape index (κ2) is 10.7. The number of hydrogen-bond acceptors (Lipinski definition) is 5. The van der Waals surface area contributed by atoms with E-state index in [9.17, 15) is 9.59 Å². The van der Waals surface area contributed by atoms with Crippen molar-refractivity contribution in [2.24, 2.45) is 0 Å². The van der Waals surface area contributed by atoms with Gasteiger partial charge in [-0.3, -0.25) is 25.1 Å². The van der Waals surface area contributed by atoms with E-state index in [4.69, 9.17) is 21.1 Å². The molecule has 2 aromatic rings. The van der Waals surface area contributed by atoms with Crippen molar-refractivity contribution in [1.82, 2.24) is 20.6 Å². The summed E-state index contributed by atoms with van der Waals surface area (Å²) in [6, 6.07) is 4.89. The molecule has 0 aliphatic rings. The summed E-state index contributed by atoms with van der Waals surface area (Å²) in [7, 11) is 0. The zero-order valence-corrected chi connectivity index (χ0v) is 17.9. The van der Waals surface area contributed by atoms with Gasteiger partial charge in [0.1, 0.15) is 6.54 Å². The summed E-state index contributed by atoms with van der Waals surface area (Å²) in [6.07, 6.45) is 1.87. The van der Waals surface area contributed by atoms with Gasteiger partial charge in [0.25, 0.3) is 11.8 Å². The lowest BCUT2D eigenvalue weighted by Gasteiger charge is -2.15. The average molecular weight is 423 g/mol. The molecule has 0 spiro atoms. The lowest BCUT2D eigenvalue weighted by atomic mass is 10.2. The number of nitrogens with zero attached hydrogens (tertiary/aromatic N) is 2. The highest BCUT2D eigenvalue weighted by molar-refractivity contribution is 6.32. The van der Waals surface area contributed by atoms with E-state index in [0.717, 1.165) is 24.2 Å². The van der Waals surface area contributed by atoms with E-state index >= 15 is 0 Å². The van der Waals surface area contributed by atoms with Gasteiger partial charge in [-0.15, -0.1) is 0 Å². The van der Waals surface area contributed by atoms with Gasteiger partial charge in [-0.2, -0.15) is 5.10 Å². The molecule has 29 heavy (non-hydrogen) atoms. The van der Waals surface area contributed by atoms with Crippen LogP contribution in [-0.2, 0) is 11.3 Å². The first kappa shape index (κ1) is 22.5. The minimum atomic E-state index is -0.519. The molecule has 0 fully saturated rings. The number of unbranched alkanes of at least 4 members (excludes halogenated alkanes) is 1. The third kappa shape index (κ3) is 6.39. The lowest BCUT2D eigenvalue weighted by molar-refractivity contribution is -0.122. The van der Waals surface area contributed by atoms with Gasteiger partial charge >= 0.3 is 0 Å². The van der Waals surface area contributed by atoms with Gasteiger partial charge in [0.15, 0.2) is 11.5 Å². The van der Waals surface area contributed by atoms with Crippen molar-refractivity contribution in [2.45, 2.75) is 47.1 Å². The zero-order valence-electron chi connectivity index (χ0n) is 17.2. The van der Waals surface area contributed by atoms with Crippen LogP contribution in [0.5, 0.6) is 11.5 Å². The maximum Gasteiger partial charge on any atom is 0.269 e. The highest BCUT2D eigenvalue weighted by Gasteiger charge is 2.17. The quantitative estimate of drug-likeness (QED) is 0.478. The summed E-state index contributed by atoms with van der Waals surface area (Å²) < 4.78 is 12.8. The molecule has 9 heteroatoms. The SMILES string of the molecule is CCCCOc1c(Cl)cc(C(=O)NNC(=O)Cn2nc(C)cc2C)cc1OCC. The molecule has 8 nitrogen and oxygen atoms in total. The van der Waals surface area contributed by atoms with Crippen molar-refractivity contribution in [3.8, 4) is 11.5 Å². The molecule has 158 valence electrons. The highest BCUT2D eigenvalue weighted by Crippen LogP contribution is 2.36. The van der Waals surface area contributed by atoms with Gasteiger partial charge in [-0.1, -0.05) is 24.9 Å². The standard InChI is InChI=1S/C20H27ClN4O4/c1-5-7-8-29-19-16(21)10-15(11-17(19)28-6-2)20(27)23-22-18(26)12-25-14(4)9-13(3)24-25/h9-11H,5-8,12H2,1-4H3,(H,22,26)(H,23,27). The summed E-state index contributed by atoms with van der Waals surface area (Å²) in [5, 5.41) is 4.48. The fraction of sp³-hybridized carbons (Fsp3) is 0.450. The Morgan fingerprint density at radius 2 is 1.90 bits per heavy atom. The van der Waals surface area contributed by atoms with Gasteiger partial charge < -0.3 is 9.47 Å². The third-order valence-corrected chi connectivity index (χ3v) is 4.31. The topological polar surface area (TPSA) is 94.5 Å². The van der Waals surface area contributed by atoms with Crippen molar-refractivity contribution in [1.29, 1.82) is 0 Å². The predicted molar refractivity (Wildman–Crippen MR) is 110 cm³/mol. The van der Waals surface area contributed by atoms with Gasteiger partial charge in [0.05, 0.1) is 23.9 Å². The number of hydrazine groups is 1. The van der Waals surface area contributed by atoms with Gasteiger partial charge in [-0.05, 0) is 45.4 Å². The number of halogens is 1. The van der Waals surface area contributed by atoms with E-state index in [-0.39, 0.29) is 17.1 Å². The Morgan fingerprint density at radius 3 is 2.52 bits per heavy atom. The van der Waals surface area contributed by atoms with Gasteiger partial charge in [0, 0.05) is 11.3 Å². The second-order valence-corrected chi connectivity index (χ2v) is 6.91. The molecule has 2 rings (SSSR count). The van der Waals surface area contributed by atoms with Crippen LogP contribution in [0.25, 0.3) is 0 Å². The molecule has 2 amide bonds. The van der Waals surface area contributed by atoms with Crippen molar-refractivity contribution >= 4 is 23.4 Å². The first-order chi connectivity index (χ1) is 13.8. The average Bonchev–Trinajstić information content (AvgIpc) is 2.98. The van der Waals surface area contributed by atoms with E-state index in [2.05, 4.69) is 22.9 Å². The second-order valence-electron chi connectivity index (χ2n) is 6.51. The Labute approximate surface area is 175 Å². The minimum absolute atomic E-state index is 0.00485. The fourth-order valence-corrected chi connectivity index (χ4v) is 2.90.